The Morgan fingerprint density at radius 1 is 1.04 bits per heavy atom. The zero-order valence-corrected chi connectivity index (χ0v) is 14.9. The quantitative estimate of drug-likeness (QED) is 0.731. The van der Waals surface area contributed by atoms with Crippen molar-refractivity contribution in [1.82, 2.24) is 0 Å². The number of rotatable bonds is 3. The molecule has 1 aliphatic heterocycles. The maximum absolute atomic E-state index is 14.6. The molecule has 24 heavy (non-hydrogen) atoms. The summed E-state index contributed by atoms with van der Waals surface area (Å²) in [5.41, 5.74) is -1.69. The Morgan fingerprint density at radius 3 is 2.00 bits per heavy atom. The lowest BCUT2D eigenvalue weighted by atomic mass is 9.95. The van der Waals surface area contributed by atoms with Crippen LogP contribution in [0, 0.1) is 10.8 Å². The lowest BCUT2D eigenvalue weighted by Crippen LogP contribution is -2.59. The summed E-state index contributed by atoms with van der Waals surface area (Å²) in [4.78, 5) is 23.7. The van der Waals surface area contributed by atoms with E-state index in [-0.39, 0.29) is 0 Å². The summed E-state index contributed by atoms with van der Waals surface area (Å²) in [6.45, 7) is 9.17. The van der Waals surface area contributed by atoms with E-state index in [0.717, 1.165) is 0 Å². The highest BCUT2D eigenvalue weighted by Crippen LogP contribution is 2.28. The Hall–Kier alpha value is -1.25. The molecule has 0 aliphatic carbocycles. The van der Waals surface area contributed by atoms with Crippen LogP contribution in [0.2, 0.25) is 0 Å². The van der Waals surface area contributed by atoms with Gasteiger partial charge in [-0.2, -0.15) is 0 Å². The standard InChI is InChI=1S/C16H27FO7/c1-15(2,3)13(20)22-7-8-9(17)11(10(18)12(19)23-8)24-14(21)16(4,5)6/h8-12,18-19H,7H2,1-6H3/t8?,9-,10+,11+,12?/m1/s1. The fourth-order valence-corrected chi connectivity index (χ4v) is 1.84. The van der Waals surface area contributed by atoms with Gasteiger partial charge in [0.15, 0.2) is 18.6 Å². The lowest BCUT2D eigenvalue weighted by Gasteiger charge is -2.39. The number of aliphatic hydroxyl groups is 2. The van der Waals surface area contributed by atoms with Gasteiger partial charge in [0, 0.05) is 0 Å². The van der Waals surface area contributed by atoms with Gasteiger partial charge in [0.2, 0.25) is 0 Å². The van der Waals surface area contributed by atoms with Crippen molar-refractivity contribution in [1.29, 1.82) is 0 Å². The molecule has 8 heteroatoms. The van der Waals surface area contributed by atoms with Gasteiger partial charge in [0.05, 0.1) is 10.8 Å². The van der Waals surface area contributed by atoms with E-state index in [4.69, 9.17) is 14.2 Å². The van der Waals surface area contributed by atoms with Crippen molar-refractivity contribution in [2.45, 2.75) is 72.3 Å². The van der Waals surface area contributed by atoms with E-state index < -0.39 is 60.1 Å². The van der Waals surface area contributed by atoms with Crippen molar-refractivity contribution in [3.63, 3.8) is 0 Å². The zero-order valence-electron chi connectivity index (χ0n) is 14.9. The van der Waals surface area contributed by atoms with Gasteiger partial charge in [0.1, 0.15) is 18.8 Å². The minimum absolute atomic E-state index is 0.468. The maximum atomic E-state index is 14.6. The normalized spacial score (nSPS) is 31.5. The molecule has 140 valence electrons. The van der Waals surface area contributed by atoms with Crippen molar-refractivity contribution in [2.24, 2.45) is 10.8 Å². The molecule has 2 N–H and O–H groups in total. The van der Waals surface area contributed by atoms with Crippen LogP contribution in [0.1, 0.15) is 41.5 Å². The smallest absolute Gasteiger partial charge is 0.311 e. The van der Waals surface area contributed by atoms with Gasteiger partial charge in [-0.15, -0.1) is 0 Å². The van der Waals surface area contributed by atoms with Crippen LogP contribution in [0.3, 0.4) is 0 Å². The van der Waals surface area contributed by atoms with Gasteiger partial charge >= 0.3 is 11.9 Å². The molecule has 0 aromatic heterocycles. The van der Waals surface area contributed by atoms with E-state index in [9.17, 15) is 24.2 Å². The molecule has 7 nitrogen and oxygen atoms in total. The van der Waals surface area contributed by atoms with Crippen molar-refractivity contribution >= 4 is 11.9 Å². The molecule has 1 saturated heterocycles. The van der Waals surface area contributed by atoms with Crippen LogP contribution >= 0.6 is 0 Å². The summed E-state index contributed by atoms with van der Waals surface area (Å²) < 4.78 is 29.5. The molecule has 1 heterocycles. The topological polar surface area (TPSA) is 102 Å². The molecular weight excluding hydrogens is 323 g/mol. The molecule has 5 atom stereocenters. The molecule has 0 bridgehead atoms. The number of halogens is 1. The number of ether oxygens (including phenoxy) is 3. The van der Waals surface area contributed by atoms with Gasteiger partial charge in [-0.25, -0.2) is 4.39 Å². The minimum atomic E-state index is -1.96. The van der Waals surface area contributed by atoms with Crippen LogP contribution < -0.4 is 0 Å². The molecule has 2 unspecified atom stereocenters. The number of aliphatic hydroxyl groups excluding tert-OH is 2. The fraction of sp³-hybridized carbons (Fsp3) is 0.875. The first kappa shape index (κ1) is 20.8. The molecular formula is C16H27FO7. The summed E-state index contributed by atoms with van der Waals surface area (Å²) in [6, 6.07) is 0. The van der Waals surface area contributed by atoms with Gasteiger partial charge in [0.25, 0.3) is 0 Å². The molecule has 0 radical (unpaired) electrons. The molecule has 0 spiro atoms. The maximum Gasteiger partial charge on any atom is 0.311 e. The van der Waals surface area contributed by atoms with E-state index >= 15 is 0 Å². The molecule has 0 aromatic carbocycles. The number of hydrogen-bond acceptors (Lipinski definition) is 7. The largest absolute Gasteiger partial charge is 0.462 e. The van der Waals surface area contributed by atoms with Crippen LogP contribution in [0.5, 0.6) is 0 Å². The number of carbonyl (C=O) groups is 2. The summed E-state index contributed by atoms with van der Waals surface area (Å²) in [5.74, 6) is -1.30. The van der Waals surface area contributed by atoms with Gasteiger partial charge in [-0.05, 0) is 41.5 Å². The highest BCUT2D eigenvalue weighted by atomic mass is 19.1. The Bertz CT molecular complexity index is 466. The monoisotopic (exact) mass is 350 g/mol. The summed E-state index contributed by atoms with van der Waals surface area (Å²) in [5, 5.41) is 19.6. The molecule has 1 rings (SSSR count). The third kappa shape index (κ3) is 5.12. The second kappa shape index (κ2) is 7.33. The lowest BCUT2D eigenvalue weighted by molar-refractivity contribution is -0.281. The second-order valence-corrected chi connectivity index (χ2v) is 7.97. The predicted molar refractivity (Wildman–Crippen MR) is 81.5 cm³/mol. The first-order valence-electron chi connectivity index (χ1n) is 7.79. The van der Waals surface area contributed by atoms with Crippen LogP contribution in [-0.4, -0.2) is 59.5 Å². The van der Waals surface area contributed by atoms with E-state index in [2.05, 4.69) is 0 Å². The Kier molecular flexibility index (Phi) is 6.35. The SMILES string of the molecule is CC(C)(C)C(=O)OCC1OC(O)[C@@H](O)[C@@H](OC(=O)C(C)(C)C)[C@@H]1F. The Balaban J connectivity index is 2.79. The fourth-order valence-electron chi connectivity index (χ4n) is 1.84. The molecule has 1 fully saturated rings. The average molecular weight is 350 g/mol. The van der Waals surface area contributed by atoms with E-state index in [1.54, 1.807) is 41.5 Å². The molecule has 0 aromatic rings. The van der Waals surface area contributed by atoms with Crippen molar-refractivity contribution in [2.75, 3.05) is 6.61 Å². The summed E-state index contributed by atoms with van der Waals surface area (Å²) >= 11 is 0. The minimum Gasteiger partial charge on any atom is -0.462 e. The first-order chi connectivity index (χ1) is 10.7. The number of carbonyl (C=O) groups excluding carboxylic acids is 2. The van der Waals surface area contributed by atoms with E-state index in [1.807, 2.05) is 0 Å². The molecule has 1 aliphatic rings. The van der Waals surface area contributed by atoms with Gasteiger partial charge < -0.3 is 24.4 Å². The Labute approximate surface area is 141 Å². The highest BCUT2D eigenvalue weighted by Gasteiger charge is 2.49. The third-order valence-electron chi connectivity index (χ3n) is 3.46. The van der Waals surface area contributed by atoms with Crippen molar-refractivity contribution in [3.05, 3.63) is 0 Å². The third-order valence-corrected chi connectivity index (χ3v) is 3.46. The molecule has 0 amide bonds. The second-order valence-electron chi connectivity index (χ2n) is 7.97. The van der Waals surface area contributed by atoms with Crippen LogP contribution in [0.4, 0.5) is 4.39 Å². The number of alkyl halides is 1. The van der Waals surface area contributed by atoms with Gasteiger partial charge in [-0.3, -0.25) is 9.59 Å². The van der Waals surface area contributed by atoms with Crippen LogP contribution in [-0.2, 0) is 23.8 Å². The van der Waals surface area contributed by atoms with Crippen molar-refractivity contribution in [3.8, 4) is 0 Å². The first-order valence-corrected chi connectivity index (χ1v) is 7.79. The average Bonchev–Trinajstić information content (AvgIpc) is 2.43. The van der Waals surface area contributed by atoms with Crippen LogP contribution in [0.25, 0.3) is 0 Å². The van der Waals surface area contributed by atoms with E-state index in [0.29, 0.717) is 0 Å². The summed E-state index contributed by atoms with van der Waals surface area (Å²) in [6.07, 6.45) is -8.41. The highest BCUT2D eigenvalue weighted by molar-refractivity contribution is 5.76. The number of hydrogen-bond donors (Lipinski definition) is 2. The zero-order chi connectivity index (χ0) is 18.9. The Morgan fingerprint density at radius 2 is 1.54 bits per heavy atom. The van der Waals surface area contributed by atoms with E-state index in [1.165, 1.54) is 0 Å². The van der Waals surface area contributed by atoms with Gasteiger partial charge in [-0.1, -0.05) is 0 Å². The number of esters is 2. The van der Waals surface area contributed by atoms with Crippen LogP contribution in [0.15, 0.2) is 0 Å². The van der Waals surface area contributed by atoms with Crippen molar-refractivity contribution < 1.29 is 38.4 Å². The summed E-state index contributed by atoms with van der Waals surface area (Å²) in [7, 11) is 0. The predicted octanol–water partition coefficient (Wildman–Crippen LogP) is 0.950. The molecule has 0 saturated carbocycles.